The molecule has 0 bridgehead atoms. The summed E-state index contributed by atoms with van der Waals surface area (Å²) in [6.45, 7) is 3.57. The van der Waals surface area contributed by atoms with Crippen molar-refractivity contribution in [1.82, 2.24) is 15.5 Å². The average molecular weight is 331 g/mol. The molecule has 6 heteroatoms. The van der Waals surface area contributed by atoms with E-state index in [4.69, 9.17) is 0 Å². The summed E-state index contributed by atoms with van der Waals surface area (Å²) in [7, 11) is 0. The summed E-state index contributed by atoms with van der Waals surface area (Å²) in [5.74, 6) is -0.790. The van der Waals surface area contributed by atoms with Gasteiger partial charge in [0.1, 0.15) is 0 Å². The van der Waals surface area contributed by atoms with Crippen molar-refractivity contribution in [3.63, 3.8) is 0 Å². The van der Waals surface area contributed by atoms with Crippen molar-refractivity contribution >= 4 is 17.7 Å². The minimum Gasteiger partial charge on any atom is -0.355 e. The summed E-state index contributed by atoms with van der Waals surface area (Å²) in [6.07, 6.45) is 1.85. The molecular weight excluding hydrogens is 306 g/mol. The molecule has 1 aliphatic rings. The number of carbonyl (C=O) groups is 3. The minimum absolute atomic E-state index is 0.00140. The molecule has 0 radical (unpaired) electrons. The first-order valence-corrected chi connectivity index (χ1v) is 8.46. The molecule has 3 amide bonds. The van der Waals surface area contributed by atoms with Gasteiger partial charge >= 0.3 is 0 Å². The van der Waals surface area contributed by atoms with Gasteiger partial charge in [-0.3, -0.25) is 14.4 Å². The van der Waals surface area contributed by atoms with Crippen molar-refractivity contribution in [1.29, 1.82) is 0 Å². The van der Waals surface area contributed by atoms with E-state index >= 15 is 0 Å². The van der Waals surface area contributed by atoms with Gasteiger partial charge in [-0.2, -0.15) is 0 Å². The summed E-state index contributed by atoms with van der Waals surface area (Å²) in [4.78, 5) is 37.4. The Morgan fingerprint density at radius 2 is 1.96 bits per heavy atom. The number of amides is 3. The third kappa shape index (κ3) is 5.37. The lowest BCUT2D eigenvalue weighted by Gasteiger charge is -2.16. The zero-order valence-electron chi connectivity index (χ0n) is 14.1. The fourth-order valence-corrected chi connectivity index (χ4v) is 2.71. The maximum atomic E-state index is 12.1. The number of nitrogens with zero attached hydrogens (tertiary/aromatic N) is 1. The summed E-state index contributed by atoms with van der Waals surface area (Å²) in [5.41, 5.74) is 1.17. The summed E-state index contributed by atoms with van der Waals surface area (Å²) in [5, 5.41) is 5.32. The van der Waals surface area contributed by atoms with Gasteiger partial charge in [0.15, 0.2) is 0 Å². The van der Waals surface area contributed by atoms with Crippen LogP contribution in [-0.4, -0.2) is 48.8 Å². The number of nitrogens with one attached hydrogen (secondary N) is 2. The largest absolute Gasteiger partial charge is 0.355 e. The molecule has 6 nitrogen and oxygen atoms in total. The van der Waals surface area contributed by atoms with E-state index in [-0.39, 0.29) is 36.6 Å². The Bertz CT molecular complexity index is 574. The highest BCUT2D eigenvalue weighted by molar-refractivity contribution is 5.91. The maximum Gasteiger partial charge on any atom is 0.239 e. The van der Waals surface area contributed by atoms with Crippen LogP contribution in [0, 0.1) is 5.92 Å². The molecule has 0 saturated carbocycles. The molecule has 1 aromatic rings. The first-order chi connectivity index (χ1) is 11.6. The van der Waals surface area contributed by atoms with Crippen molar-refractivity contribution in [3.05, 3.63) is 35.9 Å². The molecule has 0 aromatic heterocycles. The Balaban J connectivity index is 1.74. The predicted octanol–water partition coefficient (Wildman–Crippen LogP) is 0.720. The molecule has 24 heavy (non-hydrogen) atoms. The monoisotopic (exact) mass is 331 g/mol. The Labute approximate surface area is 142 Å². The fraction of sp³-hybridized carbons (Fsp3) is 0.500. The van der Waals surface area contributed by atoms with Crippen molar-refractivity contribution in [2.45, 2.75) is 26.2 Å². The van der Waals surface area contributed by atoms with Gasteiger partial charge in [-0.25, -0.2) is 0 Å². The van der Waals surface area contributed by atoms with E-state index in [1.165, 1.54) is 5.56 Å². The van der Waals surface area contributed by atoms with Gasteiger partial charge in [0, 0.05) is 26.1 Å². The highest BCUT2D eigenvalue weighted by Gasteiger charge is 2.33. The third-order valence-corrected chi connectivity index (χ3v) is 4.09. The van der Waals surface area contributed by atoms with Gasteiger partial charge in [-0.15, -0.1) is 0 Å². The summed E-state index contributed by atoms with van der Waals surface area (Å²) < 4.78 is 0. The summed E-state index contributed by atoms with van der Waals surface area (Å²) in [6, 6.07) is 9.96. The van der Waals surface area contributed by atoms with Crippen LogP contribution < -0.4 is 10.6 Å². The van der Waals surface area contributed by atoms with Gasteiger partial charge in [0.25, 0.3) is 0 Å². The van der Waals surface area contributed by atoms with Gasteiger partial charge in [-0.1, -0.05) is 37.3 Å². The van der Waals surface area contributed by atoms with Crippen LogP contribution in [0.5, 0.6) is 0 Å². The third-order valence-electron chi connectivity index (χ3n) is 4.09. The molecule has 1 aliphatic heterocycles. The van der Waals surface area contributed by atoms with Crippen LogP contribution in [0.3, 0.4) is 0 Å². The van der Waals surface area contributed by atoms with Crippen LogP contribution in [0.25, 0.3) is 0 Å². The molecule has 0 spiro atoms. The standard InChI is InChI=1S/C18H25N3O3/c1-2-9-19-16(22)12-20-18(24)15-11-17(23)21(13-15)10-8-14-6-4-3-5-7-14/h3-7,15H,2,8-13H2,1H3,(H,19,22)(H,20,24). The number of hydrogen-bond donors (Lipinski definition) is 2. The molecule has 130 valence electrons. The van der Waals surface area contributed by atoms with Crippen molar-refractivity contribution in [2.24, 2.45) is 5.92 Å². The van der Waals surface area contributed by atoms with Gasteiger partial charge in [0.2, 0.25) is 17.7 Å². The maximum absolute atomic E-state index is 12.1. The van der Waals surface area contributed by atoms with E-state index in [1.54, 1.807) is 4.90 Å². The quantitative estimate of drug-likeness (QED) is 0.737. The number of carbonyl (C=O) groups excluding carboxylic acids is 3. The topological polar surface area (TPSA) is 78.5 Å². The zero-order chi connectivity index (χ0) is 17.4. The van der Waals surface area contributed by atoms with Gasteiger partial charge in [0.05, 0.1) is 12.5 Å². The highest BCUT2D eigenvalue weighted by atomic mass is 16.2. The van der Waals surface area contributed by atoms with Crippen molar-refractivity contribution in [3.8, 4) is 0 Å². The molecule has 1 heterocycles. The minimum atomic E-state index is -0.368. The molecule has 0 aliphatic carbocycles. The van der Waals surface area contributed by atoms with Crippen molar-refractivity contribution < 1.29 is 14.4 Å². The second-order valence-electron chi connectivity index (χ2n) is 6.04. The smallest absolute Gasteiger partial charge is 0.239 e. The van der Waals surface area contributed by atoms with E-state index in [0.29, 0.717) is 19.6 Å². The second kappa shape index (κ2) is 9.05. The first-order valence-electron chi connectivity index (χ1n) is 8.46. The molecular formula is C18H25N3O3. The SMILES string of the molecule is CCCNC(=O)CNC(=O)C1CC(=O)N(CCc2ccccc2)C1. The Morgan fingerprint density at radius 1 is 1.21 bits per heavy atom. The lowest BCUT2D eigenvalue weighted by Crippen LogP contribution is -2.40. The van der Waals surface area contributed by atoms with Crippen LogP contribution in [0.15, 0.2) is 30.3 Å². The van der Waals surface area contributed by atoms with Gasteiger partial charge in [-0.05, 0) is 18.4 Å². The van der Waals surface area contributed by atoms with Crippen molar-refractivity contribution in [2.75, 3.05) is 26.2 Å². The molecule has 2 N–H and O–H groups in total. The normalized spacial score (nSPS) is 17.0. The summed E-state index contributed by atoms with van der Waals surface area (Å²) >= 11 is 0. The lowest BCUT2D eigenvalue weighted by atomic mass is 10.1. The fourth-order valence-electron chi connectivity index (χ4n) is 2.71. The van der Waals surface area contributed by atoms with Crippen LogP contribution in [0.4, 0.5) is 0 Å². The molecule has 1 unspecified atom stereocenters. The van der Waals surface area contributed by atoms with Crippen LogP contribution in [-0.2, 0) is 20.8 Å². The second-order valence-corrected chi connectivity index (χ2v) is 6.04. The van der Waals surface area contributed by atoms with Gasteiger partial charge < -0.3 is 15.5 Å². The van der Waals surface area contributed by atoms with E-state index < -0.39 is 0 Å². The van der Waals surface area contributed by atoms with E-state index in [2.05, 4.69) is 10.6 Å². The Hall–Kier alpha value is -2.37. The Morgan fingerprint density at radius 3 is 2.67 bits per heavy atom. The molecule has 1 fully saturated rings. The molecule has 1 atom stereocenters. The average Bonchev–Trinajstić information content (AvgIpc) is 2.98. The van der Waals surface area contributed by atoms with E-state index in [9.17, 15) is 14.4 Å². The van der Waals surface area contributed by atoms with Crippen LogP contribution >= 0.6 is 0 Å². The van der Waals surface area contributed by atoms with E-state index in [0.717, 1.165) is 12.8 Å². The highest BCUT2D eigenvalue weighted by Crippen LogP contribution is 2.18. The number of likely N-dealkylation sites (tertiary alicyclic amines) is 1. The molecule has 1 saturated heterocycles. The van der Waals surface area contributed by atoms with E-state index in [1.807, 2.05) is 37.3 Å². The first kappa shape index (κ1) is 18.0. The number of benzene rings is 1. The van der Waals surface area contributed by atoms with Crippen LogP contribution in [0.2, 0.25) is 0 Å². The lowest BCUT2D eigenvalue weighted by molar-refractivity contribution is -0.129. The zero-order valence-corrected chi connectivity index (χ0v) is 14.1. The number of hydrogen-bond acceptors (Lipinski definition) is 3. The molecule has 1 aromatic carbocycles. The number of rotatable bonds is 8. The molecule has 2 rings (SSSR count). The Kier molecular flexibility index (Phi) is 6.78. The predicted molar refractivity (Wildman–Crippen MR) is 91.1 cm³/mol. The van der Waals surface area contributed by atoms with Crippen LogP contribution in [0.1, 0.15) is 25.3 Å².